The number of carbonyl (C=O) groups excluding carboxylic acids is 1. The van der Waals surface area contributed by atoms with Crippen LogP contribution in [0.4, 0.5) is 4.39 Å². The van der Waals surface area contributed by atoms with Gasteiger partial charge in [0, 0.05) is 16.0 Å². The van der Waals surface area contributed by atoms with E-state index in [0.29, 0.717) is 17.4 Å². The first-order chi connectivity index (χ1) is 12.1. The molecule has 4 nitrogen and oxygen atoms in total. The van der Waals surface area contributed by atoms with Crippen LogP contribution in [-0.4, -0.2) is 11.7 Å². The second-order valence-corrected chi connectivity index (χ2v) is 6.97. The number of halogens is 1. The van der Waals surface area contributed by atoms with Gasteiger partial charge in [-0.25, -0.2) is 9.18 Å². The molecule has 4 rings (SSSR count). The molecule has 1 amide bonds. The van der Waals surface area contributed by atoms with Crippen LogP contribution in [-0.2, 0) is 0 Å². The Morgan fingerprint density at radius 3 is 2.92 bits per heavy atom. The van der Waals surface area contributed by atoms with E-state index in [4.69, 9.17) is 4.42 Å². The molecule has 1 atom stereocenters. The van der Waals surface area contributed by atoms with Gasteiger partial charge >= 0.3 is 5.63 Å². The number of hydrogen-bond donors (Lipinski definition) is 1. The Morgan fingerprint density at radius 2 is 2.04 bits per heavy atom. The molecule has 2 heterocycles. The van der Waals surface area contributed by atoms with Gasteiger partial charge in [0.25, 0.3) is 5.91 Å². The van der Waals surface area contributed by atoms with Gasteiger partial charge in [-0.1, -0.05) is 18.2 Å². The van der Waals surface area contributed by atoms with Crippen LogP contribution in [0.1, 0.15) is 28.4 Å². The van der Waals surface area contributed by atoms with E-state index < -0.39 is 11.5 Å². The first-order valence-electron chi connectivity index (χ1n) is 7.88. The maximum Gasteiger partial charge on any atom is 0.349 e. The fourth-order valence-electron chi connectivity index (χ4n) is 2.97. The summed E-state index contributed by atoms with van der Waals surface area (Å²) in [5.74, 6) is -0.0343. The number of hydrogen-bond acceptors (Lipinski definition) is 4. The fourth-order valence-corrected chi connectivity index (χ4v) is 4.08. The Labute approximate surface area is 147 Å². The second-order valence-electron chi connectivity index (χ2n) is 5.83. The number of para-hydroxylation sites is 1. The molecule has 0 bridgehead atoms. The highest BCUT2D eigenvalue weighted by Gasteiger charge is 2.24. The molecule has 0 spiro atoms. The van der Waals surface area contributed by atoms with E-state index >= 15 is 0 Å². The standard InChI is InChI=1S/C19H14FNO3S/c20-12-5-6-17-13(10-12)15(7-8-25-17)21-18(22)14-9-11-3-1-2-4-16(11)24-19(14)23/h1-6,9-10,15H,7-8H2,(H,21,22)/t15-/m1/s1. The number of nitrogens with one attached hydrogen (secondary N) is 1. The zero-order valence-electron chi connectivity index (χ0n) is 13.1. The normalized spacial score (nSPS) is 16.4. The van der Waals surface area contributed by atoms with Crippen LogP contribution in [0.3, 0.4) is 0 Å². The molecule has 2 aromatic carbocycles. The molecule has 1 N–H and O–H groups in total. The number of benzene rings is 2. The Hall–Kier alpha value is -2.60. The Bertz CT molecular complexity index is 1030. The lowest BCUT2D eigenvalue weighted by Crippen LogP contribution is -2.33. The molecule has 3 aromatic rings. The summed E-state index contributed by atoms with van der Waals surface area (Å²) < 4.78 is 18.8. The highest BCUT2D eigenvalue weighted by molar-refractivity contribution is 7.99. The molecule has 0 saturated heterocycles. The maximum atomic E-state index is 13.6. The predicted molar refractivity (Wildman–Crippen MR) is 94.4 cm³/mol. The van der Waals surface area contributed by atoms with Crippen molar-refractivity contribution in [3.63, 3.8) is 0 Å². The van der Waals surface area contributed by atoms with Crippen LogP contribution < -0.4 is 10.9 Å². The van der Waals surface area contributed by atoms with E-state index in [2.05, 4.69) is 5.32 Å². The van der Waals surface area contributed by atoms with Gasteiger partial charge in [-0.2, -0.15) is 0 Å². The lowest BCUT2D eigenvalue weighted by molar-refractivity contribution is 0.0931. The molecule has 1 aliphatic rings. The predicted octanol–water partition coefficient (Wildman–Crippen LogP) is 3.90. The molecule has 1 aliphatic heterocycles. The number of carbonyl (C=O) groups is 1. The summed E-state index contributed by atoms with van der Waals surface area (Å²) in [5.41, 5.74) is 0.455. The van der Waals surface area contributed by atoms with Crippen LogP contribution in [0, 0.1) is 5.82 Å². The lowest BCUT2D eigenvalue weighted by Gasteiger charge is -2.25. The lowest BCUT2D eigenvalue weighted by atomic mass is 10.0. The van der Waals surface area contributed by atoms with Crippen molar-refractivity contribution >= 4 is 28.6 Å². The number of fused-ring (bicyclic) bond motifs is 2. The molecule has 126 valence electrons. The summed E-state index contributed by atoms with van der Waals surface area (Å²) in [7, 11) is 0. The summed E-state index contributed by atoms with van der Waals surface area (Å²) >= 11 is 1.63. The van der Waals surface area contributed by atoms with Crippen molar-refractivity contribution in [1.82, 2.24) is 5.32 Å². The summed E-state index contributed by atoms with van der Waals surface area (Å²) in [6, 6.07) is 12.8. The smallest absolute Gasteiger partial charge is 0.349 e. The van der Waals surface area contributed by atoms with Gasteiger partial charge in [0.15, 0.2) is 0 Å². The summed E-state index contributed by atoms with van der Waals surface area (Å²) in [4.78, 5) is 25.7. The summed E-state index contributed by atoms with van der Waals surface area (Å²) in [6.07, 6.45) is 0.672. The third-order valence-corrected chi connectivity index (χ3v) is 5.33. The monoisotopic (exact) mass is 355 g/mol. The Morgan fingerprint density at radius 1 is 1.20 bits per heavy atom. The molecular weight excluding hydrogens is 341 g/mol. The van der Waals surface area contributed by atoms with E-state index in [1.807, 2.05) is 0 Å². The van der Waals surface area contributed by atoms with Crippen molar-refractivity contribution in [2.45, 2.75) is 17.4 Å². The Kier molecular flexibility index (Phi) is 4.05. The average molecular weight is 355 g/mol. The minimum Gasteiger partial charge on any atom is -0.422 e. The third-order valence-electron chi connectivity index (χ3n) is 4.20. The van der Waals surface area contributed by atoms with E-state index in [1.165, 1.54) is 18.2 Å². The zero-order chi connectivity index (χ0) is 17.4. The van der Waals surface area contributed by atoms with E-state index in [1.54, 1.807) is 42.1 Å². The summed E-state index contributed by atoms with van der Waals surface area (Å²) in [6.45, 7) is 0. The van der Waals surface area contributed by atoms with Crippen LogP contribution in [0.2, 0.25) is 0 Å². The first-order valence-corrected chi connectivity index (χ1v) is 8.86. The third kappa shape index (κ3) is 3.05. The fraction of sp³-hybridized carbons (Fsp3) is 0.158. The minimum absolute atomic E-state index is 0.0464. The second kappa shape index (κ2) is 6.37. The van der Waals surface area contributed by atoms with Gasteiger partial charge in [-0.15, -0.1) is 11.8 Å². The molecule has 1 aromatic heterocycles. The number of thioether (sulfide) groups is 1. The zero-order valence-corrected chi connectivity index (χ0v) is 13.9. The minimum atomic E-state index is -0.680. The largest absolute Gasteiger partial charge is 0.422 e. The van der Waals surface area contributed by atoms with Crippen molar-refractivity contribution in [2.75, 3.05) is 5.75 Å². The summed E-state index contributed by atoms with van der Waals surface area (Å²) in [5, 5.41) is 3.52. The topological polar surface area (TPSA) is 59.3 Å². The molecule has 6 heteroatoms. The molecule has 0 saturated carbocycles. The van der Waals surface area contributed by atoms with E-state index in [-0.39, 0.29) is 17.4 Å². The van der Waals surface area contributed by atoms with Crippen molar-refractivity contribution in [3.05, 3.63) is 75.9 Å². The van der Waals surface area contributed by atoms with Crippen molar-refractivity contribution in [2.24, 2.45) is 0 Å². The van der Waals surface area contributed by atoms with Gasteiger partial charge in [-0.3, -0.25) is 4.79 Å². The van der Waals surface area contributed by atoms with E-state index in [0.717, 1.165) is 16.2 Å². The molecular formula is C19H14FNO3S. The van der Waals surface area contributed by atoms with E-state index in [9.17, 15) is 14.0 Å². The van der Waals surface area contributed by atoms with Gasteiger partial charge in [0.05, 0.1) is 6.04 Å². The van der Waals surface area contributed by atoms with Crippen LogP contribution in [0.25, 0.3) is 11.0 Å². The molecule has 25 heavy (non-hydrogen) atoms. The molecule has 0 aliphatic carbocycles. The quantitative estimate of drug-likeness (QED) is 0.709. The highest BCUT2D eigenvalue weighted by Crippen LogP contribution is 2.36. The number of rotatable bonds is 2. The van der Waals surface area contributed by atoms with Crippen molar-refractivity contribution in [1.29, 1.82) is 0 Å². The molecule has 0 fully saturated rings. The first kappa shape index (κ1) is 15.9. The Balaban J connectivity index is 1.67. The molecule has 0 radical (unpaired) electrons. The maximum absolute atomic E-state index is 13.6. The van der Waals surface area contributed by atoms with Gasteiger partial charge < -0.3 is 9.73 Å². The highest BCUT2D eigenvalue weighted by atomic mass is 32.2. The van der Waals surface area contributed by atoms with Gasteiger partial charge in [0.1, 0.15) is 17.0 Å². The van der Waals surface area contributed by atoms with Crippen LogP contribution in [0.5, 0.6) is 0 Å². The van der Waals surface area contributed by atoms with Crippen LogP contribution >= 0.6 is 11.8 Å². The number of amides is 1. The van der Waals surface area contributed by atoms with Crippen LogP contribution in [0.15, 0.2) is 62.6 Å². The van der Waals surface area contributed by atoms with Crippen molar-refractivity contribution in [3.8, 4) is 0 Å². The molecule has 0 unspecified atom stereocenters. The van der Waals surface area contributed by atoms with Gasteiger partial charge in [0.2, 0.25) is 0 Å². The SMILES string of the molecule is O=C(N[C@@H]1CCSc2ccc(F)cc21)c1cc2ccccc2oc1=O. The van der Waals surface area contributed by atoms with Gasteiger partial charge in [-0.05, 0) is 42.3 Å². The van der Waals surface area contributed by atoms with Crippen molar-refractivity contribution < 1.29 is 13.6 Å². The average Bonchev–Trinajstić information content (AvgIpc) is 2.61.